The van der Waals surface area contributed by atoms with Gasteiger partial charge in [0.2, 0.25) is 5.91 Å². The Morgan fingerprint density at radius 1 is 0.917 bits per heavy atom. The molecule has 1 fully saturated rings. The summed E-state index contributed by atoms with van der Waals surface area (Å²) in [6, 6.07) is 20.5. The van der Waals surface area contributed by atoms with E-state index in [2.05, 4.69) is 41.6 Å². The van der Waals surface area contributed by atoms with Crippen molar-refractivity contribution < 1.29 is 4.79 Å². The molecule has 1 N–H and O–H groups in total. The van der Waals surface area contributed by atoms with Crippen LogP contribution in [0.4, 0.5) is 0 Å². The van der Waals surface area contributed by atoms with Gasteiger partial charge in [0.25, 0.3) is 0 Å². The van der Waals surface area contributed by atoms with Gasteiger partial charge in [0.15, 0.2) is 0 Å². The van der Waals surface area contributed by atoms with Crippen LogP contribution in [0.1, 0.15) is 23.5 Å². The largest absolute Gasteiger partial charge is 0.304 e. The van der Waals surface area contributed by atoms with Crippen LogP contribution >= 0.6 is 0 Å². The lowest BCUT2D eigenvalue weighted by atomic mass is 9.88. The highest BCUT2D eigenvalue weighted by Gasteiger charge is 2.21. The molecule has 0 unspecified atom stereocenters. The minimum Gasteiger partial charge on any atom is -0.304 e. The molecule has 4 heteroatoms. The highest BCUT2D eigenvalue weighted by molar-refractivity contribution is 5.77. The average molecular weight is 323 g/mol. The van der Waals surface area contributed by atoms with Crippen LogP contribution in [-0.4, -0.2) is 49.0 Å². The van der Waals surface area contributed by atoms with Crippen molar-refractivity contribution in [3.05, 3.63) is 71.8 Å². The van der Waals surface area contributed by atoms with Gasteiger partial charge in [-0.15, -0.1) is 0 Å². The Balaban J connectivity index is 1.69. The fourth-order valence-corrected chi connectivity index (χ4v) is 3.12. The van der Waals surface area contributed by atoms with E-state index in [4.69, 9.17) is 0 Å². The second-order valence-corrected chi connectivity index (χ2v) is 6.40. The summed E-state index contributed by atoms with van der Waals surface area (Å²) in [6.45, 7) is 3.73. The molecule has 1 amide bonds. The van der Waals surface area contributed by atoms with Crippen molar-refractivity contribution in [3.63, 3.8) is 0 Å². The quantitative estimate of drug-likeness (QED) is 0.918. The van der Waals surface area contributed by atoms with Gasteiger partial charge in [0, 0.05) is 38.5 Å². The number of nitrogens with one attached hydrogen (secondary N) is 1. The standard InChI is InChI=1S/C20H25N3O/c1-22-12-14-23(15-13-22)21-20(24)16-19(17-8-4-2-5-9-17)18-10-6-3-7-11-18/h2-11,19H,12-16H2,1H3,(H,21,24). The van der Waals surface area contributed by atoms with Gasteiger partial charge in [-0.25, -0.2) is 5.01 Å². The van der Waals surface area contributed by atoms with Crippen molar-refractivity contribution in [2.24, 2.45) is 0 Å². The van der Waals surface area contributed by atoms with Crippen molar-refractivity contribution in [3.8, 4) is 0 Å². The third kappa shape index (κ3) is 4.43. The van der Waals surface area contributed by atoms with Gasteiger partial charge in [-0.05, 0) is 18.2 Å². The molecule has 1 heterocycles. The first-order chi connectivity index (χ1) is 11.7. The molecular weight excluding hydrogens is 298 g/mol. The SMILES string of the molecule is CN1CCN(NC(=O)CC(c2ccccc2)c2ccccc2)CC1. The number of carbonyl (C=O) groups excluding carboxylic acids is 1. The maximum absolute atomic E-state index is 12.6. The smallest absolute Gasteiger partial charge is 0.235 e. The van der Waals surface area contributed by atoms with Crippen LogP contribution < -0.4 is 5.43 Å². The van der Waals surface area contributed by atoms with Crippen LogP contribution in [0.3, 0.4) is 0 Å². The molecule has 1 aliphatic rings. The fraction of sp³-hybridized carbons (Fsp3) is 0.350. The zero-order valence-corrected chi connectivity index (χ0v) is 14.2. The molecule has 3 rings (SSSR count). The Kier molecular flexibility index (Phi) is 5.62. The molecule has 0 spiro atoms. The molecule has 1 saturated heterocycles. The van der Waals surface area contributed by atoms with Crippen molar-refractivity contribution in [2.75, 3.05) is 33.2 Å². The van der Waals surface area contributed by atoms with E-state index in [1.165, 1.54) is 11.1 Å². The van der Waals surface area contributed by atoms with Gasteiger partial charge in [-0.2, -0.15) is 0 Å². The molecule has 126 valence electrons. The first-order valence-corrected chi connectivity index (χ1v) is 8.55. The first-order valence-electron chi connectivity index (χ1n) is 8.55. The number of likely N-dealkylation sites (N-methyl/N-ethyl adjacent to an activating group) is 1. The highest BCUT2D eigenvalue weighted by Crippen LogP contribution is 2.27. The zero-order valence-electron chi connectivity index (χ0n) is 14.2. The third-order valence-corrected chi connectivity index (χ3v) is 4.58. The lowest BCUT2D eigenvalue weighted by Gasteiger charge is -2.32. The molecule has 2 aromatic carbocycles. The Morgan fingerprint density at radius 3 is 1.92 bits per heavy atom. The number of rotatable bonds is 5. The molecular formula is C20H25N3O. The number of nitrogens with zero attached hydrogens (tertiary/aromatic N) is 2. The van der Waals surface area contributed by atoms with E-state index in [0.29, 0.717) is 6.42 Å². The fourth-order valence-electron chi connectivity index (χ4n) is 3.12. The molecule has 0 aliphatic carbocycles. The monoisotopic (exact) mass is 323 g/mol. The van der Waals surface area contributed by atoms with E-state index in [-0.39, 0.29) is 11.8 Å². The minimum absolute atomic E-state index is 0.0808. The van der Waals surface area contributed by atoms with Crippen molar-refractivity contribution in [2.45, 2.75) is 12.3 Å². The van der Waals surface area contributed by atoms with Gasteiger partial charge in [0.1, 0.15) is 0 Å². The van der Waals surface area contributed by atoms with E-state index >= 15 is 0 Å². The Morgan fingerprint density at radius 2 is 1.42 bits per heavy atom. The van der Waals surface area contributed by atoms with Crippen molar-refractivity contribution >= 4 is 5.91 Å². The number of benzene rings is 2. The van der Waals surface area contributed by atoms with Crippen molar-refractivity contribution in [1.82, 2.24) is 15.3 Å². The van der Waals surface area contributed by atoms with E-state index in [1.54, 1.807) is 0 Å². The number of piperazine rings is 1. The molecule has 0 aromatic heterocycles. The van der Waals surface area contributed by atoms with Crippen LogP contribution in [0.2, 0.25) is 0 Å². The van der Waals surface area contributed by atoms with Crippen LogP contribution in [0.5, 0.6) is 0 Å². The van der Waals surface area contributed by atoms with Gasteiger partial charge in [-0.1, -0.05) is 60.7 Å². The Hall–Kier alpha value is -2.17. The molecule has 0 radical (unpaired) electrons. The topological polar surface area (TPSA) is 35.6 Å². The summed E-state index contributed by atoms with van der Waals surface area (Å²) in [5, 5.41) is 2.04. The maximum atomic E-state index is 12.6. The average Bonchev–Trinajstić information content (AvgIpc) is 2.63. The third-order valence-electron chi connectivity index (χ3n) is 4.58. The molecule has 24 heavy (non-hydrogen) atoms. The first kappa shape index (κ1) is 16.7. The van der Waals surface area contributed by atoms with Gasteiger partial charge >= 0.3 is 0 Å². The van der Waals surface area contributed by atoms with Crippen molar-refractivity contribution in [1.29, 1.82) is 0 Å². The molecule has 0 atom stereocenters. The van der Waals surface area contributed by atoms with Gasteiger partial charge < -0.3 is 4.90 Å². The molecule has 0 saturated carbocycles. The van der Waals surface area contributed by atoms with E-state index in [0.717, 1.165) is 26.2 Å². The highest BCUT2D eigenvalue weighted by atomic mass is 16.2. The lowest BCUT2D eigenvalue weighted by Crippen LogP contribution is -2.52. The Labute approximate surface area is 144 Å². The number of amides is 1. The summed E-state index contributed by atoms with van der Waals surface area (Å²) >= 11 is 0. The van der Waals surface area contributed by atoms with E-state index in [9.17, 15) is 4.79 Å². The molecule has 0 bridgehead atoms. The van der Waals surface area contributed by atoms with Gasteiger partial charge in [-0.3, -0.25) is 10.2 Å². The number of hydrogen-bond donors (Lipinski definition) is 1. The van der Waals surface area contributed by atoms with Crippen LogP contribution in [0, 0.1) is 0 Å². The van der Waals surface area contributed by atoms with E-state index in [1.807, 2.05) is 41.4 Å². The lowest BCUT2D eigenvalue weighted by molar-refractivity contribution is -0.126. The number of hydrazine groups is 1. The normalized spacial score (nSPS) is 16.2. The molecule has 1 aliphatic heterocycles. The summed E-state index contributed by atoms with van der Waals surface area (Å²) < 4.78 is 0. The summed E-state index contributed by atoms with van der Waals surface area (Å²) in [6.07, 6.45) is 0.459. The predicted octanol–water partition coefficient (Wildman–Crippen LogP) is 2.49. The predicted molar refractivity (Wildman–Crippen MR) is 96.6 cm³/mol. The number of hydrogen-bond acceptors (Lipinski definition) is 3. The second kappa shape index (κ2) is 8.08. The minimum atomic E-state index is 0.0808. The van der Waals surface area contributed by atoms with Gasteiger partial charge in [0.05, 0.1) is 0 Å². The second-order valence-electron chi connectivity index (χ2n) is 6.40. The van der Waals surface area contributed by atoms with Crippen LogP contribution in [0.25, 0.3) is 0 Å². The number of carbonyl (C=O) groups is 1. The Bertz CT molecular complexity index is 597. The maximum Gasteiger partial charge on any atom is 0.235 e. The zero-order chi connectivity index (χ0) is 16.8. The summed E-state index contributed by atoms with van der Waals surface area (Å²) in [5.74, 6) is 0.164. The van der Waals surface area contributed by atoms with Crippen LogP contribution in [0.15, 0.2) is 60.7 Å². The van der Waals surface area contributed by atoms with Crippen LogP contribution in [-0.2, 0) is 4.79 Å². The summed E-state index contributed by atoms with van der Waals surface area (Å²) in [5.41, 5.74) is 5.43. The molecule has 4 nitrogen and oxygen atoms in total. The summed E-state index contributed by atoms with van der Waals surface area (Å²) in [4.78, 5) is 14.9. The molecule has 2 aromatic rings. The summed E-state index contributed by atoms with van der Waals surface area (Å²) in [7, 11) is 2.11. The van der Waals surface area contributed by atoms with E-state index < -0.39 is 0 Å².